The lowest BCUT2D eigenvalue weighted by molar-refractivity contribution is -0.135. The van der Waals surface area contributed by atoms with Gasteiger partial charge in [-0.3, -0.25) is 4.79 Å². The summed E-state index contributed by atoms with van der Waals surface area (Å²) in [5.41, 5.74) is 2.48. The molecule has 0 unspecified atom stereocenters. The van der Waals surface area contributed by atoms with Crippen molar-refractivity contribution in [3.05, 3.63) is 70.1 Å². The third-order valence-electron chi connectivity index (χ3n) is 6.93. The normalized spacial score (nSPS) is 22.3. The van der Waals surface area contributed by atoms with Crippen LogP contribution in [0.2, 0.25) is 5.02 Å². The van der Waals surface area contributed by atoms with Crippen LogP contribution in [0, 0.1) is 0 Å². The molecule has 2 fully saturated rings. The van der Waals surface area contributed by atoms with Gasteiger partial charge in [0.25, 0.3) is 0 Å². The quantitative estimate of drug-likeness (QED) is 0.476. The Hall–Kier alpha value is -1.88. The number of benzene rings is 2. The fourth-order valence-corrected chi connectivity index (χ4v) is 6.48. The van der Waals surface area contributed by atoms with Gasteiger partial charge in [-0.05, 0) is 78.9 Å². The number of carbonyl (C=O) groups excluding carboxylic acids is 1. The van der Waals surface area contributed by atoms with Crippen molar-refractivity contribution >= 4 is 38.9 Å². The van der Waals surface area contributed by atoms with E-state index in [0.29, 0.717) is 12.3 Å². The van der Waals surface area contributed by atoms with E-state index in [-0.39, 0.29) is 11.9 Å². The first-order chi connectivity index (χ1) is 15.2. The molecule has 5 heteroatoms. The molecule has 0 spiro atoms. The SMILES string of the molecule is O=C(Cc1csc2ccc(Cl)cc12)N1CCC[C@@H](c2ccccc2)[C@H]1CN1CCCC1. The Morgan fingerprint density at radius 1 is 1.03 bits per heavy atom. The Bertz CT molecular complexity index is 1040. The summed E-state index contributed by atoms with van der Waals surface area (Å²) < 4.78 is 1.20. The third kappa shape index (κ3) is 4.52. The lowest BCUT2D eigenvalue weighted by Gasteiger charge is -2.43. The number of nitrogens with zero attached hydrogens (tertiary/aromatic N) is 2. The average molecular weight is 453 g/mol. The molecular weight excluding hydrogens is 424 g/mol. The topological polar surface area (TPSA) is 23.6 Å². The summed E-state index contributed by atoms with van der Waals surface area (Å²) in [7, 11) is 0. The number of thiophene rings is 1. The van der Waals surface area contributed by atoms with E-state index in [1.165, 1.54) is 23.1 Å². The van der Waals surface area contributed by atoms with Crippen molar-refractivity contribution in [1.29, 1.82) is 0 Å². The fraction of sp³-hybridized carbons (Fsp3) is 0.423. The van der Waals surface area contributed by atoms with Gasteiger partial charge in [-0.25, -0.2) is 0 Å². The molecule has 31 heavy (non-hydrogen) atoms. The second-order valence-corrected chi connectivity index (χ2v) is 10.2. The van der Waals surface area contributed by atoms with Gasteiger partial charge in [0.05, 0.1) is 12.5 Å². The van der Waals surface area contributed by atoms with Gasteiger partial charge in [-0.1, -0.05) is 41.9 Å². The predicted octanol–water partition coefficient (Wildman–Crippen LogP) is 5.97. The summed E-state index contributed by atoms with van der Waals surface area (Å²) in [6, 6.07) is 17.0. The highest BCUT2D eigenvalue weighted by Gasteiger charge is 2.36. The lowest BCUT2D eigenvalue weighted by Crippen LogP contribution is -2.52. The number of halogens is 1. The lowest BCUT2D eigenvalue weighted by atomic mass is 9.82. The maximum atomic E-state index is 13.6. The molecule has 2 atom stereocenters. The van der Waals surface area contributed by atoms with Gasteiger partial charge >= 0.3 is 0 Å². The van der Waals surface area contributed by atoms with Crippen LogP contribution in [0.5, 0.6) is 0 Å². The Balaban J connectivity index is 1.41. The van der Waals surface area contributed by atoms with Crippen LogP contribution in [0.15, 0.2) is 53.9 Å². The Labute approximate surface area is 193 Å². The molecule has 0 N–H and O–H groups in total. The first kappa shape index (κ1) is 21.0. The van der Waals surface area contributed by atoms with Gasteiger partial charge in [0.1, 0.15) is 0 Å². The highest BCUT2D eigenvalue weighted by molar-refractivity contribution is 7.17. The average Bonchev–Trinajstić information content (AvgIpc) is 3.44. The first-order valence-electron chi connectivity index (χ1n) is 11.4. The van der Waals surface area contributed by atoms with Crippen LogP contribution in [0.4, 0.5) is 0 Å². The fourth-order valence-electron chi connectivity index (χ4n) is 5.37. The number of likely N-dealkylation sites (tertiary alicyclic amines) is 2. The van der Waals surface area contributed by atoms with Gasteiger partial charge in [-0.15, -0.1) is 11.3 Å². The second-order valence-electron chi connectivity index (χ2n) is 8.90. The Kier molecular flexibility index (Phi) is 6.31. The molecule has 2 aliphatic heterocycles. The van der Waals surface area contributed by atoms with Gasteiger partial charge in [0.15, 0.2) is 0 Å². The van der Waals surface area contributed by atoms with Crippen LogP contribution in [0.25, 0.3) is 10.1 Å². The maximum Gasteiger partial charge on any atom is 0.227 e. The molecule has 2 aliphatic rings. The Morgan fingerprint density at radius 2 is 1.84 bits per heavy atom. The molecule has 1 aromatic heterocycles. The second kappa shape index (κ2) is 9.32. The van der Waals surface area contributed by atoms with E-state index < -0.39 is 0 Å². The monoisotopic (exact) mass is 452 g/mol. The summed E-state index contributed by atoms with van der Waals surface area (Å²) >= 11 is 7.94. The van der Waals surface area contributed by atoms with Crippen molar-refractivity contribution in [2.75, 3.05) is 26.2 Å². The number of amides is 1. The molecule has 2 saturated heterocycles. The van der Waals surface area contributed by atoms with Gasteiger partial charge in [-0.2, -0.15) is 0 Å². The van der Waals surface area contributed by atoms with E-state index in [1.807, 2.05) is 12.1 Å². The van der Waals surface area contributed by atoms with Crippen LogP contribution < -0.4 is 0 Å². The van der Waals surface area contributed by atoms with E-state index in [9.17, 15) is 4.79 Å². The number of rotatable bonds is 5. The smallest absolute Gasteiger partial charge is 0.227 e. The molecule has 0 aliphatic carbocycles. The van der Waals surface area contributed by atoms with Gasteiger partial charge in [0.2, 0.25) is 5.91 Å². The minimum atomic E-state index is 0.246. The number of hydrogen-bond donors (Lipinski definition) is 0. The van der Waals surface area contributed by atoms with Crippen LogP contribution in [-0.4, -0.2) is 47.9 Å². The summed E-state index contributed by atoms with van der Waals surface area (Å²) in [4.78, 5) is 18.4. The van der Waals surface area contributed by atoms with Gasteiger partial charge < -0.3 is 9.80 Å². The van der Waals surface area contributed by atoms with Crippen molar-refractivity contribution in [2.45, 2.75) is 44.1 Å². The van der Waals surface area contributed by atoms with Crippen molar-refractivity contribution in [3.63, 3.8) is 0 Å². The summed E-state index contributed by atoms with van der Waals surface area (Å²) in [6.45, 7) is 4.17. The van der Waals surface area contributed by atoms with Crippen molar-refractivity contribution < 1.29 is 4.79 Å². The van der Waals surface area contributed by atoms with E-state index >= 15 is 0 Å². The standard InChI is InChI=1S/C26H29ClN2OS/c27-21-10-11-25-23(16-21)20(18-31-25)15-26(30)29-14-6-9-22(19-7-2-1-3-8-19)24(29)17-28-12-4-5-13-28/h1-3,7-8,10-11,16,18,22,24H,4-6,9,12-15,17H2/t22-,24+/m0/s1. The predicted molar refractivity (Wildman–Crippen MR) is 130 cm³/mol. The highest BCUT2D eigenvalue weighted by atomic mass is 35.5. The molecule has 3 aromatic rings. The maximum absolute atomic E-state index is 13.6. The van der Waals surface area contributed by atoms with E-state index in [2.05, 4.69) is 51.6 Å². The molecule has 0 radical (unpaired) electrons. The molecular formula is C26H29ClN2OS. The minimum absolute atomic E-state index is 0.246. The number of fused-ring (bicyclic) bond motifs is 1. The number of piperidine rings is 1. The zero-order chi connectivity index (χ0) is 21.2. The summed E-state index contributed by atoms with van der Waals surface area (Å²) in [6.07, 6.45) is 5.23. The van der Waals surface area contributed by atoms with Gasteiger partial charge in [0, 0.05) is 28.7 Å². The molecule has 5 rings (SSSR count). The first-order valence-corrected chi connectivity index (χ1v) is 12.7. The number of hydrogen-bond acceptors (Lipinski definition) is 3. The number of carbonyl (C=O) groups is 1. The summed E-state index contributed by atoms with van der Waals surface area (Å²) in [5, 5.41) is 3.99. The van der Waals surface area contributed by atoms with Crippen LogP contribution in [0.1, 0.15) is 42.7 Å². The van der Waals surface area contributed by atoms with E-state index in [0.717, 1.165) is 55.0 Å². The van der Waals surface area contributed by atoms with Crippen molar-refractivity contribution in [2.24, 2.45) is 0 Å². The van der Waals surface area contributed by atoms with Crippen molar-refractivity contribution in [1.82, 2.24) is 9.80 Å². The molecule has 0 bridgehead atoms. The molecule has 3 nitrogen and oxygen atoms in total. The van der Waals surface area contributed by atoms with E-state index in [1.54, 1.807) is 11.3 Å². The molecule has 162 valence electrons. The largest absolute Gasteiger partial charge is 0.338 e. The molecule has 3 heterocycles. The Morgan fingerprint density at radius 3 is 2.65 bits per heavy atom. The minimum Gasteiger partial charge on any atom is -0.338 e. The zero-order valence-corrected chi connectivity index (χ0v) is 19.4. The van der Waals surface area contributed by atoms with Crippen LogP contribution in [0.3, 0.4) is 0 Å². The van der Waals surface area contributed by atoms with Crippen LogP contribution >= 0.6 is 22.9 Å². The molecule has 0 saturated carbocycles. The zero-order valence-electron chi connectivity index (χ0n) is 17.8. The third-order valence-corrected chi connectivity index (χ3v) is 8.18. The van der Waals surface area contributed by atoms with Crippen LogP contribution in [-0.2, 0) is 11.2 Å². The summed E-state index contributed by atoms with van der Waals surface area (Å²) in [5.74, 6) is 0.665. The van der Waals surface area contributed by atoms with Crippen molar-refractivity contribution in [3.8, 4) is 0 Å². The van der Waals surface area contributed by atoms with E-state index in [4.69, 9.17) is 11.6 Å². The molecule has 2 aromatic carbocycles. The molecule has 1 amide bonds. The highest BCUT2D eigenvalue weighted by Crippen LogP contribution is 2.35.